The number of hydrogen-bond donors (Lipinski definition) is 2. The number of ether oxygens (including phenoxy) is 1. The summed E-state index contributed by atoms with van der Waals surface area (Å²) in [6.07, 6.45) is 7.81. The Bertz CT molecular complexity index is 898. The van der Waals surface area contributed by atoms with E-state index < -0.39 is 12.1 Å². The van der Waals surface area contributed by atoms with Gasteiger partial charge in [-0.1, -0.05) is 6.42 Å². The fraction of sp³-hybridized carbons (Fsp3) is 0.600. The molecule has 31 heavy (non-hydrogen) atoms. The van der Waals surface area contributed by atoms with E-state index >= 15 is 0 Å². The molecule has 168 valence electrons. The van der Waals surface area contributed by atoms with Crippen LogP contribution in [0.2, 0.25) is 0 Å². The van der Waals surface area contributed by atoms with Crippen molar-refractivity contribution in [2.24, 2.45) is 17.8 Å². The highest BCUT2D eigenvalue weighted by molar-refractivity contribution is 5.83. The maximum atomic E-state index is 11.5. The predicted molar refractivity (Wildman–Crippen MR) is 120 cm³/mol. The van der Waals surface area contributed by atoms with Crippen molar-refractivity contribution in [3.8, 4) is 5.75 Å². The number of carboxylic acids is 1. The Kier molecular flexibility index (Phi) is 7.08. The van der Waals surface area contributed by atoms with Gasteiger partial charge in [0.1, 0.15) is 5.75 Å². The van der Waals surface area contributed by atoms with E-state index in [2.05, 4.69) is 9.88 Å². The minimum atomic E-state index is -0.715. The fourth-order valence-electron chi connectivity index (χ4n) is 5.29. The molecule has 6 nitrogen and oxygen atoms in total. The summed E-state index contributed by atoms with van der Waals surface area (Å²) in [7, 11) is 1.63. The molecular formula is C25H34N2O4. The minimum absolute atomic E-state index is 0.160. The molecule has 2 fully saturated rings. The maximum absolute atomic E-state index is 11.5. The molecule has 0 unspecified atom stereocenters. The molecule has 1 aliphatic heterocycles. The number of aliphatic carboxylic acids is 1. The molecule has 1 aliphatic carbocycles. The molecule has 2 aromatic rings. The van der Waals surface area contributed by atoms with Crippen molar-refractivity contribution in [2.75, 3.05) is 26.7 Å². The standard InChI is InChI=1S/C25H34N2O4/c1-31-20-6-7-23-22(14-20)21(9-11-26-23)24(28)8-5-18-10-12-27(15-17-3-2-4-17)16-19(18)13-25(29)30/h6-7,9,11,14,17-19,24,28H,2-5,8,10,12-13,15-16H2,1H3,(H,29,30)/t18-,19+,24+/m1/s1. The first kappa shape index (κ1) is 22.0. The molecule has 1 saturated heterocycles. The zero-order valence-electron chi connectivity index (χ0n) is 18.4. The van der Waals surface area contributed by atoms with Crippen molar-refractivity contribution in [2.45, 2.75) is 51.0 Å². The second kappa shape index (κ2) is 9.96. The Morgan fingerprint density at radius 3 is 2.81 bits per heavy atom. The molecular weight excluding hydrogens is 392 g/mol. The van der Waals surface area contributed by atoms with Crippen LogP contribution in [0.5, 0.6) is 5.75 Å². The van der Waals surface area contributed by atoms with Gasteiger partial charge in [0.05, 0.1) is 18.7 Å². The summed E-state index contributed by atoms with van der Waals surface area (Å²) in [5.41, 5.74) is 1.70. The number of methoxy groups -OCH3 is 1. The third-order valence-electron chi connectivity index (χ3n) is 7.31. The van der Waals surface area contributed by atoms with Gasteiger partial charge in [-0.3, -0.25) is 9.78 Å². The van der Waals surface area contributed by atoms with Crippen LogP contribution < -0.4 is 4.74 Å². The summed E-state index contributed by atoms with van der Waals surface area (Å²) in [6, 6.07) is 7.58. The first-order valence-corrected chi connectivity index (χ1v) is 11.6. The van der Waals surface area contributed by atoms with E-state index in [1.54, 1.807) is 13.3 Å². The van der Waals surface area contributed by atoms with Gasteiger partial charge >= 0.3 is 5.97 Å². The van der Waals surface area contributed by atoms with Gasteiger partial charge in [0.2, 0.25) is 0 Å². The summed E-state index contributed by atoms with van der Waals surface area (Å²) in [5.74, 6) is 1.34. The molecule has 4 rings (SSSR count). The molecule has 0 spiro atoms. The molecule has 0 amide bonds. The number of aliphatic hydroxyl groups is 1. The molecule has 2 aliphatic rings. The second-order valence-electron chi connectivity index (χ2n) is 9.34. The van der Waals surface area contributed by atoms with Crippen LogP contribution in [0.4, 0.5) is 0 Å². The van der Waals surface area contributed by atoms with Crippen molar-refractivity contribution >= 4 is 16.9 Å². The number of rotatable bonds is 9. The number of aromatic nitrogens is 1. The summed E-state index contributed by atoms with van der Waals surface area (Å²) in [6.45, 7) is 3.04. The van der Waals surface area contributed by atoms with Gasteiger partial charge in [0.15, 0.2) is 0 Å². The van der Waals surface area contributed by atoms with Crippen LogP contribution in [-0.4, -0.2) is 52.8 Å². The number of nitrogens with zero attached hydrogens (tertiary/aromatic N) is 2. The van der Waals surface area contributed by atoms with Crippen molar-refractivity contribution in [1.29, 1.82) is 0 Å². The Balaban J connectivity index is 1.41. The van der Waals surface area contributed by atoms with Gasteiger partial charge in [-0.2, -0.15) is 0 Å². The van der Waals surface area contributed by atoms with Crippen LogP contribution in [0.3, 0.4) is 0 Å². The van der Waals surface area contributed by atoms with Crippen molar-refractivity contribution in [3.05, 3.63) is 36.0 Å². The molecule has 3 atom stereocenters. The number of hydrogen-bond acceptors (Lipinski definition) is 5. The zero-order chi connectivity index (χ0) is 21.8. The van der Waals surface area contributed by atoms with E-state index in [9.17, 15) is 15.0 Å². The lowest BCUT2D eigenvalue weighted by Crippen LogP contribution is -2.44. The highest BCUT2D eigenvalue weighted by atomic mass is 16.5. The van der Waals surface area contributed by atoms with E-state index in [0.717, 1.165) is 60.6 Å². The number of carboxylic acid groups (broad SMARTS) is 1. The monoisotopic (exact) mass is 426 g/mol. The van der Waals surface area contributed by atoms with E-state index in [1.807, 2.05) is 24.3 Å². The summed E-state index contributed by atoms with van der Waals surface area (Å²) >= 11 is 0. The number of pyridine rings is 1. The van der Waals surface area contributed by atoms with E-state index in [0.29, 0.717) is 12.3 Å². The molecule has 6 heteroatoms. The Hall–Kier alpha value is -2.18. The van der Waals surface area contributed by atoms with Crippen LogP contribution in [-0.2, 0) is 4.79 Å². The Morgan fingerprint density at radius 2 is 2.10 bits per heavy atom. The number of likely N-dealkylation sites (tertiary alicyclic amines) is 1. The van der Waals surface area contributed by atoms with Crippen LogP contribution in [0.1, 0.15) is 56.6 Å². The van der Waals surface area contributed by atoms with Crippen molar-refractivity contribution in [3.63, 3.8) is 0 Å². The number of aliphatic hydroxyl groups excluding tert-OH is 1. The molecule has 2 N–H and O–H groups in total. The van der Waals surface area contributed by atoms with Gasteiger partial charge in [-0.15, -0.1) is 0 Å². The van der Waals surface area contributed by atoms with Crippen LogP contribution in [0.15, 0.2) is 30.5 Å². The number of piperidine rings is 1. The van der Waals surface area contributed by atoms with Gasteiger partial charge < -0.3 is 19.8 Å². The van der Waals surface area contributed by atoms with E-state index in [4.69, 9.17) is 4.74 Å². The summed E-state index contributed by atoms with van der Waals surface area (Å²) in [5, 5.41) is 21.4. The molecule has 1 aromatic carbocycles. The highest BCUT2D eigenvalue weighted by Crippen LogP contribution is 2.36. The number of benzene rings is 1. The number of fused-ring (bicyclic) bond motifs is 1. The quantitative estimate of drug-likeness (QED) is 0.623. The van der Waals surface area contributed by atoms with E-state index in [1.165, 1.54) is 19.3 Å². The lowest BCUT2D eigenvalue weighted by Gasteiger charge is -2.41. The molecule has 1 aromatic heterocycles. The highest BCUT2D eigenvalue weighted by Gasteiger charge is 2.32. The fourth-order valence-corrected chi connectivity index (χ4v) is 5.29. The van der Waals surface area contributed by atoms with Crippen LogP contribution in [0, 0.1) is 17.8 Å². The molecule has 2 heterocycles. The largest absolute Gasteiger partial charge is 0.497 e. The normalized spacial score (nSPS) is 23.4. The topological polar surface area (TPSA) is 82.9 Å². The zero-order valence-corrected chi connectivity index (χ0v) is 18.4. The van der Waals surface area contributed by atoms with Gasteiger partial charge in [-0.25, -0.2) is 0 Å². The first-order valence-electron chi connectivity index (χ1n) is 11.6. The average Bonchev–Trinajstić information content (AvgIpc) is 2.74. The lowest BCUT2D eigenvalue weighted by atomic mass is 9.78. The molecule has 0 radical (unpaired) electrons. The Labute approximate surface area is 184 Å². The maximum Gasteiger partial charge on any atom is 0.303 e. The first-order chi connectivity index (χ1) is 15.0. The summed E-state index contributed by atoms with van der Waals surface area (Å²) in [4.78, 5) is 18.4. The minimum Gasteiger partial charge on any atom is -0.497 e. The SMILES string of the molecule is COc1ccc2nccc([C@@H](O)CC[C@@H]3CCN(CC4CCC4)C[C@@H]3CC(=O)O)c2c1. The van der Waals surface area contributed by atoms with Gasteiger partial charge in [-0.05, 0) is 86.2 Å². The van der Waals surface area contributed by atoms with Crippen LogP contribution in [0.25, 0.3) is 10.9 Å². The van der Waals surface area contributed by atoms with Gasteiger partial charge in [0.25, 0.3) is 0 Å². The van der Waals surface area contributed by atoms with Gasteiger partial charge in [0, 0.05) is 31.1 Å². The lowest BCUT2D eigenvalue weighted by molar-refractivity contribution is -0.139. The van der Waals surface area contributed by atoms with Crippen molar-refractivity contribution in [1.82, 2.24) is 9.88 Å². The predicted octanol–water partition coefficient (Wildman–Crippen LogP) is 4.27. The third-order valence-corrected chi connectivity index (χ3v) is 7.31. The Morgan fingerprint density at radius 1 is 1.26 bits per heavy atom. The summed E-state index contributed by atoms with van der Waals surface area (Å²) < 4.78 is 5.34. The number of carbonyl (C=O) groups is 1. The molecule has 1 saturated carbocycles. The smallest absolute Gasteiger partial charge is 0.303 e. The molecule has 0 bridgehead atoms. The second-order valence-corrected chi connectivity index (χ2v) is 9.34. The average molecular weight is 427 g/mol. The van der Waals surface area contributed by atoms with Crippen molar-refractivity contribution < 1.29 is 19.7 Å². The van der Waals surface area contributed by atoms with E-state index in [-0.39, 0.29) is 12.3 Å². The third kappa shape index (κ3) is 5.36. The van der Waals surface area contributed by atoms with Crippen LogP contribution >= 0.6 is 0 Å².